The van der Waals surface area contributed by atoms with Gasteiger partial charge in [-0.2, -0.15) is 4.98 Å². The van der Waals surface area contributed by atoms with E-state index in [2.05, 4.69) is 26.4 Å². The zero-order chi connectivity index (χ0) is 30.8. The molecule has 4 aromatic rings. The highest BCUT2D eigenvalue weighted by atomic mass is 19.1. The van der Waals surface area contributed by atoms with Crippen molar-refractivity contribution in [1.29, 1.82) is 0 Å². The van der Waals surface area contributed by atoms with Gasteiger partial charge in [0.1, 0.15) is 30.5 Å². The van der Waals surface area contributed by atoms with Crippen molar-refractivity contribution in [2.45, 2.75) is 57.2 Å². The van der Waals surface area contributed by atoms with Crippen molar-refractivity contribution in [2.24, 2.45) is 0 Å². The molecule has 2 aromatic heterocycles. The fourth-order valence-electron chi connectivity index (χ4n) is 5.87. The fraction of sp³-hybridized carbons (Fsp3) is 0.419. The minimum Gasteiger partial charge on any atom is -0.483 e. The number of rotatable bonds is 10. The molecule has 0 unspecified atom stereocenters. The van der Waals surface area contributed by atoms with E-state index in [1.807, 2.05) is 0 Å². The molecule has 4 heterocycles. The minimum absolute atomic E-state index is 0.0856. The Labute approximate surface area is 252 Å². The summed E-state index contributed by atoms with van der Waals surface area (Å²) in [5, 5.41) is 9.60. The monoisotopic (exact) mass is 609 g/mol. The molecule has 0 bridgehead atoms. The Hall–Kier alpha value is -4.20. The summed E-state index contributed by atoms with van der Waals surface area (Å²) in [6.45, 7) is 4.25. The van der Waals surface area contributed by atoms with E-state index in [4.69, 9.17) is 23.9 Å². The lowest BCUT2D eigenvalue weighted by Crippen LogP contribution is -2.44. The molecule has 232 valence electrons. The topological polar surface area (TPSA) is 121 Å². The van der Waals surface area contributed by atoms with Gasteiger partial charge in [-0.25, -0.2) is 23.5 Å². The van der Waals surface area contributed by atoms with Crippen LogP contribution < -0.4 is 9.47 Å². The number of halogens is 2. The summed E-state index contributed by atoms with van der Waals surface area (Å²) in [6.07, 6.45) is 2.79. The molecule has 4 atom stereocenters. The molecule has 2 aliphatic heterocycles. The number of aromatic nitrogens is 4. The number of benzene rings is 2. The molecule has 2 aromatic carbocycles. The average molecular weight is 610 g/mol. The van der Waals surface area contributed by atoms with Crippen LogP contribution in [0.1, 0.15) is 47.8 Å². The van der Waals surface area contributed by atoms with E-state index in [1.165, 1.54) is 6.07 Å². The number of piperidine rings is 1. The van der Waals surface area contributed by atoms with Gasteiger partial charge in [0.15, 0.2) is 17.4 Å². The molecule has 6 rings (SSSR count). The molecule has 13 heteroatoms. The lowest BCUT2D eigenvalue weighted by molar-refractivity contribution is 0.0508. The number of hydrogen-bond acceptors (Lipinski definition) is 9. The Kier molecular flexibility index (Phi) is 8.69. The second-order valence-electron chi connectivity index (χ2n) is 11.0. The molecule has 0 spiro atoms. The molecule has 44 heavy (non-hydrogen) atoms. The lowest BCUT2D eigenvalue weighted by Gasteiger charge is -2.37. The first-order chi connectivity index (χ1) is 21.3. The van der Waals surface area contributed by atoms with Gasteiger partial charge in [-0.15, -0.1) is 0 Å². The van der Waals surface area contributed by atoms with Gasteiger partial charge in [-0.05, 0) is 50.1 Å². The highest BCUT2D eigenvalue weighted by Crippen LogP contribution is 2.31. The summed E-state index contributed by atoms with van der Waals surface area (Å²) >= 11 is 0. The standard InChI is InChI=1S/C31H33F2N5O6/c1-18-11-21(44-30-7-9-34-28(36-30)17-43-26-6-4-20(32)13-22(26)33)8-10-37(18)14-29-35-23-5-3-19(31(39)40)12-24(23)38(29)25-15-42-16-27(25)41-2/h3-7,9,12-13,18,21,25,27H,8,10-11,14-17H2,1-2H3,(H,39,40)/t18-,21-,25+,27-/m0/s1. The van der Waals surface area contributed by atoms with E-state index in [9.17, 15) is 18.7 Å². The smallest absolute Gasteiger partial charge is 0.335 e. The van der Waals surface area contributed by atoms with Crippen LogP contribution in [-0.2, 0) is 22.6 Å². The third kappa shape index (κ3) is 6.35. The van der Waals surface area contributed by atoms with Crippen molar-refractivity contribution in [3.63, 3.8) is 0 Å². The van der Waals surface area contributed by atoms with Crippen molar-refractivity contribution in [1.82, 2.24) is 24.4 Å². The Morgan fingerprint density at radius 3 is 2.77 bits per heavy atom. The highest BCUT2D eigenvalue weighted by molar-refractivity contribution is 5.92. The molecule has 0 saturated carbocycles. The molecule has 2 aliphatic rings. The summed E-state index contributed by atoms with van der Waals surface area (Å²) in [7, 11) is 1.65. The predicted molar refractivity (Wildman–Crippen MR) is 154 cm³/mol. The molecule has 2 fully saturated rings. The number of aromatic carboxylic acids is 1. The van der Waals surface area contributed by atoms with E-state index < -0.39 is 17.6 Å². The SMILES string of the molecule is CO[C@H]1COC[C@H]1n1c(CN2CC[C@H](Oc3ccnc(COc4ccc(F)cc4F)n3)C[C@@H]2C)nc2ccc(C(=O)O)cc21. The number of imidazole rings is 1. The number of ether oxygens (including phenoxy) is 4. The number of methoxy groups -OCH3 is 1. The molecule has 0 aliphatic carbocycles. The molecular weight excluding hydrogens is 576 g/mol. The predicted octanol–water partition coefficient (Wildman–Crippen LogP) is 4.40. The second-order valence-corrected chi connectivity index (χ2v) is 11.0. The van der Waals surface area contributed by atoms with Crippen LogP contribution in [-0.4, -0.2) is 80.6 Å². The van der Waals surface area contributed by atoms with Crippen LogP contribution in [0, 0.1) is 11.6 Å². The van der Waals surface area contributed by atoms with Crippen LogP contribution in [0.3, 0.4) is 0 Å². The maximum atomic E-state index is 13.9. The zero-order valence-corrected chi connectivity index (χ0v) is 24.4. The normalized spacial score (nSPS) is 22.4. The Balaban J connectivity index is 1.13. The van der Waals surface area contributed by atoms with Gasteiger partial charge in [0.05, 0.1) is 42.4 Å². The van der Waals surface area contributed by atoms with Gasteiger partial charge in [0, 0.05) is 38.0 Å². The zero-order valence-electron chi connectivity index (χ0n) is 24.4. The Morgan fingerprint density at radius 1 is 1.14 bits per heavy atom. The van der Waals surface area contributed by atoms with Crippen LogP contribution in [0.2, 0.25) is 0 Å². The van der Waals surface area contributed by atoms with E-state index in [-0.39, 0.29) is 42.2 Å². The molecular formula is C31H33F2N5O6. The summed E-state index contributed by atoms with van der Waals surface area (Å²) in [6, 6.07) is 9.78. The summed E-state index contributed by atoms with van der Waals surface area (Å²) < 4.78 is 52.2. The molecule has 11 nitrogen and oxygen atoms in total. The van der Waals surface area contributed by atoms with E-state index in [0.29, 0.717) is 31.5 Å². The van der Waals surface area contributed by atoms with Crippen molar-refractivity contribution in [2.75, 3.05) is 26.9 Å². The Bertz CT molecular complexity index is 1650. The van der Waals surface area contributed by atoms with Gasteiger partial charge in [0.2, 0.25) is 5.88 Å². The number of carboxylic acid groups (broad SMARTS) is 1. The maximum absolute atomic E-state index is 13.9. The van der Waals surface area contributed by atoms with Gasteiger partial charge < -0.3 is 28.6 Å². The Morgan fingerprint density at radius 2 is 2.00 bits per heavy atom. The first-order valence-electron chi connectivity index (χ1n) is 14.4. The third-order valence-corrected chi connectivity index (χ3v) is 8.17. The number of carbonyl (C=O) groups is 1. The van der Waals surface area contributed by atoms with Gasteiger partial charge in [0.25, 0.3) is 0 Å². The van der Waals surface area contributed by atoms with E-state index in [1.54, 1.807) is 37.6 Å². The molecule has 1 N–H and O–H groups in total. The van der Waals surface area contributed by atoms with Crippen molar-refractivity contribution < 1.29 is 37.6 Å². The van der Waals surface area contributed by atoms with Crippen LogP contribution >= 0.6 is 0 Å². The van der Waals surface area contributed by atoms with Crippen molar-refractivity contribution in [3.8, 4) is 11.6 Å². The van der Waals surface area contributed by atoms with Crippen molar-refractivity contribution >= 4 is 17.0 Å². The van der Waals surface area contributed by atoms with Crippen LogP contribution in [0.4, 0.5) is 8.78 Å². The minimum atomic E-state index is -0.993. The molecule has 0 radical (unpaired) electrons. The largest absolute Gasteiger partial charge is 0.483 e. The molecule has 2 saturated heterocycles. The van der Waals surface area contributed by atoms with Crippen LogP contribution in [0.5, 0.6) is 11.6 Å². The van der Waals surface area contributed by atoms with E-state index >= 15 is 0 Å². The van der Waals surface area contributed by atoms with Crippen molar-refractivity contribution in [3.05, 3.63) is 77.5 Å². The van der Waals surface area contributed by atoms with Crippen LogP contribution in [0.15, 0.2) is 48.7 Å². The maximum Gasteiger partial charge on any atom is 0.335 e. The first kappa shape index (κ1) is 29.9. The number of nitrogens with zero attached hydrogens (tertiary/aromatic N) is 5. The highest BCUT2D eigenvalue weighted by Gasteiger charge is 2.34. The van der Waals surface area contributed by atoms with E-state index in [0.717, 1.165) is 48.4 Å². The third-order valence-electron chi connectivity index (χ3n) is 8.17. The number of hydrogen-bond donors (Lipinski definition) is 1. The summed E-state index contributed by atoms with van der Waals surface area (Å²) in [5.41, 5.74) is 1.67. The van der Waals surface area contributed by atoms with Gasteiger partial charge in [-0.1, -0.05) is 0 Å². The van der Waals surface area contributed by atoms with Gasteiger partial charge >= 0.3 is 5.97 Å². The summed E-state index contributed by atoms with van der Waals surface area (Å²) in [5.74, 6) is -1.03. The fourth-order valence-corrected chi connectivity index (χ4v) is 5.87. The summed E-state index contributed by atoms with van der Waals surface area (Å²) in [4.78, 5) is 27.6. The average Bonchev–Trinajstić information content (AvgIpc) is 3.61. The van der Waals surface area contributed by atoms with Gasteiger partial charge in [-0.3, -0.25) is 4.90 Å². The van der Waals surface area contributed by atoms with Crippen LogP contribution in [0.25, 0.3) is 11.0 Å². The second kappa shape index (κ2) is 12.8. The number of likely N-dealkylation sites (tertiary alicyclic amines) is 1. The quantitative estimate of drug-likeness (QED) is 0.277. The lowest BCUT2D eigenvalue weighted by atomic mass is 10.0. The molecule has 0 amide bonds. The number of carboxylic acids is 1. The first-order valence-corrected chi connectivity index (χ1v) is 14.4. The number of fused-ring (bicyclic) bond motifs is 1.